The summed E-state index contributed by atoms with van der Waals surface area (Å²) in [5.74, 6) is -0.492. The fraction of sp³-hybridized carbons (Fsp3) is 0.471. The molecular weight excluding hydrogens is 342 g/mol. The maximum atomic E-state index is 12.2. The molecule has 0 spiro atoms. The minimum absolute atomic E-state index is 0.272. The van der Waals surface area contributed by atoms with Crippen LogP contribution in [0.4, 0.5) is 10.5 Å². The van der Waals surface area contributed by atoms with Crippen LogP contribution in [-0.4, -0.2) is 60.3 Å². The third kappa shape index (κ3) is 5.35. The SMILES string of the molecule is CCCN(CC(=O)O)C(C)C(=O)NC(=O)Nc1ccc2c(c1)OCCO2. The summed E-state index contributed by atoms with van der Waals surface area (Å²) in [5, 5.41) is 13.7. The Hall–Kier alpha value is -2.81. The molecule has 1 unspecified atom stereocenters. The lowest BCUT2D eigenvalue weighted by Crippen LogP contribution is -2.49. The largest absolute Gasteiger partial charge is 0.486 e. The number of hydrogen-bond donors (Lipinski definition) is 3. The van der Waals surface area contributed by atoms with Gasteiger partial charge in [-0.2, -0.15) is 0 Å². The average Bonchev–Trinajstić information content (AvgIpc) is 2.60. The first-order valence-electron chi connectivity index (χ1n) is 8.38. The highest BCUT2D eigenvalue weighted by molar-refractivity contribution is 6.03. The summed E-state index contributed by atoms with van der Waals surface area (Å²) in [5.41, 5.74) is 0.447. The van der Waals surface area contributed by atoms with Crippen LogP contribution in [0.3, 0.4) is 0 Å². The maximum Gasteiger partial charge on any atom is 0.325 e. The second kappa shape index (κ2) is 9.04. The zero-order valence-corrected chi connectivity index (χ0v) is 14.8. The maximum absolute atomic E-state index is 12.2. The standard InChI is InChI=1S/C17H23N3O6/c1-3-6-20(10-15(21)22)11(2)16(23)19-17(24)18-12-4-5-13-14(9-12)26-8-7-25-13/h4-5,9,11H,3,6-8,10H2,1-2H3,(H,21,22)(H2,18,19,23,24). The van der Waals surface area contributed by atoms with Gasteiger partial charge in [-0.3, -0.25) is 19.8 Å². The minimum Gasteiger partial charge on any atom is -0.486 e. The topological polar surface area (TPSA) is 117 Å². The quantitative estimate of drug-likeness (QED) is 0.666. The van der Waals surface area contributed by atoms with Gasteiger partial charge in [0.2, 0.25) is 5.91 Å². The number of fused-ring (bicyclic) bond motifs is 1. The van der Waals surface area contributed by atoms with Gasteiger partial charge in [0.05, 0.1) is 12.6 Å². The Morgan fingerprint density at radius 2 is 1.92 bits per heavy atom. The summed E-state index contributed by atoms with van der Waals surface area (Å²) in [6.45, 7) is 4.50. The van der Waals surface area contributed by atoms with Crippen LogP contribution in [0.1, 0.15) is 20.3 Å². The zero-order valence-electron chi connectivity index (χ0n) is 14.8. The molecule has 1 aromatic rings. The van der Waals surface area contributed by atoms with Gasteiger partial charge in [0, 0.05) is 11.8 Å². The lowest BCUT2D eigenvalue weighted by atomic mass is 10.2. The minimum atomic E-state index is -1.03. The number of ether oxygens (including phenoxy) is 2. The third-order valence-corrected chi connectivity index (χ3v) is 3.81. The number of imide groups is 1. The number of aliphatic carboxylic acids is 1. The Labute approximate surface area is 151 Å². The summed E-state index contributed by atoms with van der Waals surface area (Å²) < 4.78 is 10.8. The molecule has 1 aliphatic rings. The molecule has 1 heterocycles. The summed E-state index contributed by atoms with van der Waals surface area (Å²) in [4.78, 5) is 36.7. The van der Waals surface area contributed by atoms with E-state index in [0.29, 0.717) is 43.4 Å². The molecule has 1 atom stereocenters. The van der Waals surface area contributed by atoms with Crippen molar-refractivity contribution in [1.29, 1.82) is 0 Å². The Morgan fingerprint density at radius 1 is 1.23 bits per heavy atom. The van der Waals surface area contributed by atoms with Crippen LogP contribution in [0.5, 0.6) is 11.5 Å². The highest BCUT2D eigenvalue weighted by Crippen LogP contribution is 2.32. The smallest absolute Gasteiger partial charge is 0.325 e. The molecule has 9 nitrogen and oxygen atoms in total. The van der Waals surface area contributed by atoms with Crippen LogP contribution >= 0.6 is 0 Å². The van der Waals surface area contributed by atoms with Crippen LogP contribution in [-0.2, 0) is 9.59 Å². The van der Waals surface area contributed by atoms with Crippen molar-refractivity contribution in [2.45, 2.75) is 26.3 Å². The van der Waals surface area contributed by atoms with Crippen LogP contribution in [0.25, 0.3) is 0 Å². The van der Waals surface area contributed by atoms with E-state index in [4.69, 9.17) is 14.6 Å². The molecule has 1 aromatic carbocycles. The van der Waals surface area contributed by atoms with Crippen LogP contribution in [0, 0.1) is 0 Å². The van der Waals surface area contributed by atoms with E-state index in [1.165, 1.54) is 4.90 Å². The Balaban J connectivity index is 1.93. The lowest BCUT2D eigenvalue weighted by Gasteiger charge is -2.25. The van der Waals surface area contributed by atoms with Crippen molar-refractivity contribution < 1.29 is 29.0 Å². The number of anilines is 1. The average molecular weight is 365 g/mol. The van der Waals surface area contributed by atoms with Crippen molar-refractivity contribution in [2.75, 3.05) is 31.6 Å². The van der Waals surface area contributed by atoms with Crippen LogP contribution in [0.15, 0.2) is 18.2 Å². The van der Waals surface area contributed by atoms with E-state index in [2.05, 4.69) is 10.6 Å². The highest BCUT2D eigenvalue weighted by Gasteiger charge is 2.24. The Kier molecular flexibility index (Phi) is 6.79. The molecule has 0 radical (unpaired) electrons. The van der Waals surface area contributed by atoms with Gasteiger partial charge in [-0.25, -0.2) is 4.79 Å². The van der Waals surface area contributed by atoms with Crippen molar-refractivity contribution >= 4 is 23.6 Å². The third-order valence-electron chi connectivity index (χ3n) is 3.81. The number of carboxylic acids is 1. The summed E-state index contributed by atoms with van der Waals surface area (Å²) in [6, 6.07) is 3.46. The second-order valence-electron chi connectivity index (χ2n) is 5.84. The van der Waals surface area contributed by atoms with E-state index >= 15 is 0 Å². The van der Waals surface area contributed by atoms with Gasteiger partial charge in [-0.15, -0.1) is 0 Å². The van der Waals surface area contributed by atoms with Crippen LogP contribution in [0.2, 0.25) is 0 Å². The van der Waals surface area contributed by atoms with Crippen molar-refractivity contribution in [3.63, 3.8) is 0 Å². The predicted octanol–water partition coefficient (Wildman–Crippen LogP) is 1.29. The molecule has 0 aromatic heterocycles. The van der Waals surface area contributed by atoms with E-state index in [1.54, 1.807) is 25.1 Å². The molecule has 142 valence electrons. The van der Waals surface area contributed by atoms with E-state index in [9.17, 15) is 14.4 Å². The molecule has 0 aliphatic carbocycles. The molecule has 0 saturated heterocycles. The highest BCUT2D eigenvalue weighted by atomic mass is 16.6. The number of carbonyl (C=O) groups is 3. The van der Waals surface area contributed by atoms with Gasteiger partial charge >= 0.3 is 12.0 Å². The number of carbonyl (C=O) groups excluding carboxylic acids is 2. The van der Waals surface area contributed by atoms with Gasteiger partial charge < -0.3 is 19.9 Å². The van der Waals surface area contributed by atoms with Crippen molar-refractivity contribution in [2.24, 2.45) is 0 Å². The Morgan fingerprint density at radius 3 is 2.58 bits per heavy atom. The van der Waals surface area contributed by atoms with E-state index < -0.39 is 23.9 Å². The first kappa shape index (κ1) is 19.5. The number of nitrogens with zero attached hydrogens (tertiary/aromatic N) is 1. The molecule has 0 fully saturated rings. The van der Waals surface area contributed by atoms with E-state index in [-0.39, 0.29) is 6.54 Å². The van der Waals surface area contributed by atoms with Crippen molar-refractivity contribution in [3.05, 3.63) is 18.2 Å². The lowest BCUT2D eigenvalue weighted by molar-refractivity contribution is -0.139. The zero-order chi connectivity index (χ0) is 19.1. The molecular formula is C17H23N3O6. The molecule has 3 N–H and O–H groups in total. The number of rotatable bonds is 7. The van der Waals surface area contributed by atoms with Gasteiger partial charge in [-0.05, 0) is 32.0 Å². The van der Waals surface area contributed by atoms with Gasteiger partial charge in [-0.1, -0.05) is 6.92 Å². The predicted molar refractivity (Wildman–Crippen MR) is 93.6 cm³/mol. The number of hydrogen-bond acceptors (Lipinski definition) is 6. The molecule has 0 saturated carbocycles. The molecule has 0 bridgehead atoms. The molecule has 9 heteroatoms. The molecule has 1 aliphatic heterocycles. The summed E-state index contributed by atoms with van der Waals surface area (Å²) in [7, 11) is 0. The first-order chi connectivity index (χ1) is 12.4. The van der Waals surface area contributed by atoms with E-state index in [0.717, 1.165) is 0 Å². The monoisotopic (exact) mass is 365 g/mol. The Bertz CT molecular complexity index is 678. The van der Waals surface area contributed by atoms with Crippen molar-refractivity contribution in [3.8, 4) is 11.5 Å². The fourth-order valence-corrected chi connectivity index (χ4v) is 2.54. The first-order valence-corrected chi connectivity index (χ1v) is 8.38. The van der Waals surface area contributed by atoms with Gasteiger partial charge in [0.1, 0.15) is 13.2 Å². The summed E-state index contributed by atoms with van der Waals surface area (Å²) >= 11 is 0. The number of nitrogens with one attached hydrogen (secondary N) is 2. The number of carboxylic acid groups (broad SMARTS) is 1. The van der Waals surface area contributed by atoms with Gasteiger partial charge in [0.25, 0.3) is 0 Å². The summed E-state index contributed by atoms with van der Waals surface area (Å²) in [6.07, 6.45) is 0.689. The normalized spacial score (nSPS) is 13.8. The fourth-order valence-electron chi connectivity index (χ4n) is 2.54. The van der Waals surface area contributed by atoms with Gasteiger partial charge in [0.15, 0.2) is 11.5 Å². The second-order valence-corrected chi connectivity index (χ2v) is 5.84. The number of urea groups is 1. The van der Waals surface area contributed by atoms with Crippen LogP contribution < -0.4 is 20.1 Å². The number of amides is 3. The molecule has 3 amide bonds. The molecule has 26 heavy (non-hydrogen) atoms. The van der Waals surface area contributed by atoms with Crippen molar-refractivity contribution in [1.82, 2.24) is 10.2 Å². The number of benzene rings is 1. The molecule has 2 rings (SSSR count). The van der Waals surface area contributed by atoms with E-state index in [1.807, 2.05) is 6.92 Å².